The zero-order valence-electron chi connectivity index (χ0n) is 13.6. The molecule has 2 bridgehead atoms. The van der Waals surface area contributed by atoms with Crippen LogP contribution in [-0.2, 0) is 22.6 Å². The molecule has 4 heterocycles. The van der Waals surface area contributed by atoms with Crippen molar-refractivity contribution in [2.75, 3.05) is 33.4 Å². The number of carbonyl (C=O) groups is 1. The van der Waals surface area contributed by atoms with Crippen LogP contribution in [0.5, 0.6) is 0 Å². The number of hydrogen-bond donors (Lipinski definition) is 2. The molecule has 3 N–H and O–H groups in total. The van der Waals surface area contributed by atoms with E-state index < -0.39 is 0 Å². The topological polar surface area (TPSA) is 98.3 Å². The number of nitrogens with two attached hydrogens (primary N) is 1. The SMILES string of the molecule is COCCNC(=O)[C@@H]1CN2CC[C@@H]1C[C@@H]2Cn1cc(CN)nn1. The zero-order chi connectivity index (χ0) is 16.2. The van der Waals surface area contributed by atoms with Gasteiger partial charge >= 0.3 is 0 Å². The summed E-state index contributed by atoms with van der Waals surface area (Å²) in [6.07, 6.45) is 4.06. The summed E-state index contributed by atoms with van der Waals surface area (Å²) >= 11 is 0. The van der Waals surface area contributed by atoms with E-state index in [4.69, 9.17) is 10.5 Å². The number of ether oxygens (including phenoxy) is 1. The minimum Gasteiger partial charge on any atom is -0.383 e. The second-order valence-corrected chi connectivity index (χ2v) is 6.46. The summed E-state index contributed by atoms with van der Waals surface area (Å²) in [6, 6.07) is 0.434. The number of methoxy groups -OCH3 is 1. The molecule has 8 nitrogen and oxygen atoms in total. The summed E-state index contributed by atoms with van der Waals surface area (Å²) in [4.78, 5) is 14.8. The molecular formula is C15H26N6O2. The largest absolute Gasteiger partial charge is 0.383 e. The van der Waals surface area contributed by atoms with Crippen LogP contribution in [0.2, 0.25) is 0 Å². The van der Waals surface area contributed by atoms with Crippen molar-refractivity contribution in [2.24, 2.45) is 17.6 Å². The van der Waals surface area contributed by atoms with Crippen molar-refractivity contribution in [3.8, 4) is 0 Å². The molecule has 3 aliphatic rings. The predicted molar refractivity (Wildman–Crippen MR) is 84.4 cm³/mol. The third-order valence-corrected chi connectivity index (χ3v) is 5.01. The van der Waals surface area contributed by atoms with Crippen LogP contribution < -0.4 is 11.1 Å². The number of aromatic nitrogens is 3. The van der Waals surface area contributed by atoms with Gasteiger partial charge in [0.25, 0.3) is 0 Å². The molecule has 3 aliphatic heterocycles. The first-order chi connectivity index (χ1) is 11.2. The molecule has 3 fully saturated rings. The van der Waals surface area contributed by atoms with Crippen molar-refractivity contribution < 1.29 is 9.53 Å². The van der Waals surface area contributed by atoms with Crippen molar-refractivity contribution in [1.29, 1.82) is 0 Å². The summed E-state index contributed by atoms with van der Waals surface area (Å²) in [6.45, 7) is 4.29. The molecule has 0 radical (unpaired) electrons. The van der Waals surface area contributed by atoms with Crippen molar-refractivity contribution in [2.45, 2.75) is 32.0 Å². The van der Waals surface area contributed by atoms with Gasteiger partial charge in [-0.15, -0.1) is 5.10 Å². The first-order valence-electron chi connectivity index (χ1n) is 8.31. The number of nitrogens with zero attached hydrogens (tertiary/aromatic N) is 4. The molecule has 1 aromatic rings. The molecule has 1 aromatic heterocycles. The lowest BCUT2D eigenvalue weighted by atomic mass is 9.75. The normalized spacial score (nSPS) is 29.7. The average molecular weight is 322 g/mol. The Labute approximate surface area is 136 Å². The van der Waals surface area contributed by atoms with E-state index in [0.717, 1.165) is 38.2 Å². The molecule has 1 unspecified atom stereocenters. The van der Waals surface area contributed by atoms with Crippen molar-refractivity contribution in [3.63, 3.8) is 0 Å². The second-order valence-electron chi connectivity index (χ2n) is 6.46. The van der Waals surface area contributed by atoms with E-state index in [1.54, 1.807) is 7.11 Å². The molecule has 8 heteroatoms. The van der Waals surface area contributed by atoms with Gasteiger partial charge in [0.1, 0.15) is 0 Å². The third kappa shape index (κ3) is 3.70. The first-order valence-corrected chi connectivity index (χ1v) is 8.31. The predicted octanol–water partition coefficient (Wildman–Crippen LogP) is -0.790. The maximum atomic E-state index is 12.3. The van der Waals surface area contributed by atoms with Crippen LogP contribution in [0.15, 0.2) is 6.20 Å². The van der Waals surface area contributed by atoms with Gasteiger partial charge in [-0.05, 0) is 25.3 Å². The Hall–Kier alpha value is -1.51. The summed E-state index contributed by atoms with van der Waals surface area (Å²) in [5.41, 5.74) is 6.39. The Kier molecular flexibility index (Phi) is 5.24. The standard InChI is InChI=1S/C15H26N6O2/c1-23-5-3-17-15(22)14-10-20-4-2-11(14)6-13(20)9-21-8-12(7-16)18-19-21/h8,11,13-14H,2-7,9-10,16H2,1H3,(H,17,22)/t11-,13-,14-/m1/s1. The first kappa shape index (κ1) is 16.4. The van der Waals surface area contributed by atoms with Gasteiger partial charge in [-0.3, -0.25) is 14.4 Å². The smallest absolute Gasteiger partial charge is 0.224 e. The number of piperidine rings is 3. The van der Waals surface area contributed by atoms with E-state index in [1.165, 1.54) is 0 Å². The monoisotopic (exact) mass is 322 g/mol. The van der Waals surface area contributed by atoms with Crippen LogP contribution in [0.3, 0.4) is 0 Å². The highest BCUT2D eigenvalue weighted by molar-refractivity contribution is 5.79. The van der Waals surface area contributed by atoms with E-state index in [1.807, 2.05) is 10.9 Å². The maximum Gasteiger partial charge on any atom is 0.224 e. The average Bonchev–Trinajstić information content (AvgIpc) is 3.03. The molecule has 1 amide bonds. The lowest BCUT2D eigenvalue weighted by Gasteiger charge is -2.49. The molecule has 4 rings (SSSR count). The molecule has 3 saturated heterocycles. The van der Waals surface area contributed by atoms with Gasteiger partial charge in [-0.25, -0.2) is 0 Å². The highest BCUT2D eigenvalue weighted by Crippen LogP contribution is 2.36. The Morgan fingerprint density at radius 3 is 3.09 bits per heavy atom. The van der Waals surface area contributed by atoms with Gasteiger partial charge in [0.05, 0.1) is 24.8 Å². The van der Waals surface area contributed by atoms with Gasteiger partial charge in [0.2, 0.25) is 5.91 Å². The molecule has 4 atom stereocenters. The summed E-state index contributed by atoms with van der Waals surface area (Å²) in [5.74, 6) is 0.735. The van der Waals surface area contributed by atoms with Gasteiger partial charge in [-0.1, -0.05) is 5.21 Å². The third-order valence-electron chi connectivity index (χ3n) is 5.01. The molecular weight excluding hydrogens is 296 g/mol. The Bertz CT molecular complexity index is 534. The van der Waals surface area contributed by atoms with E-state index in [0.29, 0.717) is 31.7 Å². The van der Waals surface area contributed by atoms with Crippen LogP contribution in [0.4, 0.5) is 0 Å². The lowest BCUT2D eigenvalue weighted by Crippen LogP contribution is -2.58. The van der Waals surface area contributed by atoms with Crippen molar-refractivity contribution in [3.05, 3.63) is 11.9 Å². The quantitative estimate of drug-likeness (QED) is 0.639. The van der Waals surface area contributed by atoms with Crippen LogP contribution in [0.25, 0.3) is 0 Å². The summed E-state index contributed by atoms with van der Waals surface area (Å²) in [7, 11) is 1.64. The number of nitrogens with one attached hydrogen (secondary N) is 1. The Balaban J connectivity index is 1.55. The molecule has 0 saturated carbocycles. The number of hydrogen-bond acceptors (Lipinski definition) is 6. The van der Waals surface area contributed by atoms with Gasteiger partial charge in [0.15, 0.2) is 0 Å². The van der Waals surface area contributed by atoms with E-state index >= 15 is 0 Å². The highest BCUT2D eigenvalue weighted by Gasteiger charge is 2.43. The van der Waals surface area contributed by atoms with Crippen molar-refractivity contribution in [1.82, 2.24) is 25.2 Å². The molecule has 128 valence electrons. The molecule has 0 aliphatic carbocycles. The molecule has 23 heavy (non-hydrogen) atoms. The minimum atomic E-state index is 0.104. The fourth-order valence-corrected chi connectivity index (χ4v) is 3.77. The lowest BCUT2D eigenvalue weighted by molar-refractivity contribution is -0.133. The fourth-order valence-electron chi connectivity index (χ4n) is 3.77. The van der Waals surface area contributed by atoms with Crippen molar-refractivity contribution >= 4 is 5.91 Å². The van der Waals surface area contributed by atoms with Gasteiger partial charge in [0, 0.05) is 39.0 Å². The zero-order valence-corrected chi connectivity index (χ0v) is 13.6. The number of rotatable bonds is 7. The van der Waals surface area contributed by atoms with E-state index in [-0.39, 0.29) is 11.8 Å². The van der Waals surface area contributed by atoms with Crippen LogP contribution in [-0.4, -0.2) is 65.2 Å². The van der Waals surface area contributed by atoms with Gasteiger partial charge in [-0.2, -0.15) is 0 Å². The number of amides is 1. The number of carbonyl (C=O) groups excluding carboxylic acids is 1. The Morgan fingerprint density at radius 2 is 2.43 bits per heavy atom. The van der Waals surface area contributed by atoms with E-state index in [2.05, 4.69) is 20.5 Å². The fraction of sp³-hybridized carbons (Fsp3) is 0.800. The second kappa shape index (κ2) is 7.37. The van der Waals surface area contributed by atoms with Crippen LogP contribution in [0.1, 0.15) is 18.5 Å². The summed E-state index contributed by atoms with van der Waals surface area (Å²) < 4.78 is 6.86. The Morgan fingerprint density at radius 1 is 1.57 bits per heavy atom. The van der Waals surface area contributed by atoms with E-state index in [9.17, 15) is 4.79 Å². The molecule has 0 aromatic carbocycles. The highest BCUT2D eigenvalue weighted by atomic mass is 16.5. The number of fused-ring (bicyclic) bond motifs is 3. The minimum absolute atomic E-state index is 0.104. The van der Waals surface area contributed by atoms with Crippen LogP contribution in [0, 0.1) is 11.8 Å². The maximum absolute atomic E-state index is 12.3. The van der Waals surface area contributed by atoms with Gasteiger partial charge < -0.3 is 15.8 Å². The van der Waals surface area contributed by atoms with Crippen LogP contribution >= 0.6 is 0 Å². The molecule has 0 spiro atoms. The summed E-state index contributed by atoms with van der Waals surface area (Å²) in [5, 5.41) is 11.2.